The quantitative estimate of drug-likeness (QED) is 0.0508. The van der Waals surface area contributed by atoms with Crippen LogP contribution in [0.1, 0.15) is 175 Å². The molecule has 0 spiro atoms. The molecule has 0 aromatic rings. The van der Waals surface area contributed by atoms with Gasteiger partial charge in [-0.15, -0.1) is 0 Å². The molecule has 0 aliphatic carbocycles. The first-order valence-electron chi connectivity index (χ1n) is 16.9. The second-order valence-electron chi connectivity index (χ2n) is 11.9. The molecule has 0 rings (SSSR count). The van der Waals surface area contributed by atoms with E-state index in [-0.39, 0.29) is 31.1 Å². The third-order valence-corrected chi connectivity index (χ3v) is 7.29. The zero-order valence-corrected chi connectivity index (χ0v) is 26.8. The first-order valence-corrected chi connectivity index (χ1v) is 16.9. The molecule has 40 heavy (non-hydrogen) atoms. The van der Waals surface area contributed by atoms with Crippen LogP contribution >= 0.6 is 0 Å². The summed E-state index contributed by atoms with van der Waals surface area (Å²) in [6.45, 7) is 8.76. The maximum absolute atomic E-state index is 12.4. The van der Waals surface area contributed by atoms with Gasteiger partial charge in [-0.1, -0.05) is 137 Å². The molecule has 0 heterocycles. The molecule has 0 unspecified atom stereocenters. The second-order valence-corrected chi connectivity index (χ2v) is 11.9. The predicted molar refractivity (Wildman–Crippen MR) is 164 cm³/mol. The zero-order valence-electron chi connectivity index (χ0n) is 26.8. The van der Waals surface area contributed by atoms with Crippen molar-refractivity contribution in [1.82, 2.24) is 0 Å². The molecule has 6 heteroatoms. The Hall–Kier alpha value is -1.59. The molecule has 0 N–H and O–H groups in total. The Labute approximate surface area is 247 Å². The molecule has 0 aliphatic rings. The monoisotopic (exact) mass is 568 g/mol. The van der Waals surface area contributed by atoms with Gasteiger partial charge in [-0.2, -0.15) is 0 Å². The molecule has 0 amide bonds. The number of carbonyl (C=O) groups is 3. The first kappa shape index (κ1) is 38.4. The van der Waals surface area contributed by atoms with Crippen molar-refractivity contribution in [2.24, 2.45) is 5.92 Å². The van der Waals surface area contributed by atoms with E-state index < -0.39 is 6.10 Å². The molecule has 0 fully saturated rings. The van der Waals surface area contributed by atoms with Crippen molar-refractivity contribution in [3.8, 4) is 0 Å². The number of unbranched alkanes of at least 4 members (excludes halogenated alkanes) is 16. The minimum atomic E-state index is -0.754. The normalized spacial score (nSPS) is 11.9. The summed E-state index contributed by atoms with van der Waals surface area (Å²) >= 11 is 0. The molecule has 1 atom stereocenters. The Kier molecular flexibility index (Phi) is 27.8. The number of rotatable bonds is 29. The van der Waals surface area contributed by atoms with Gasteiger partial charge in [0.05, 0.1) is 0 Å². The van der Waals surface area contributed by atoms with Crippen molar-refractivity contribution in [2.45, 2.75) is 181 Å². The summed E-state index contributed by atoms with van der Waals surface area (Å²) in [5.74, 6) is -0.114. The van der Waals surface area contributed by atoms with Crippen LogP contribution < -0.4 is 0 Å². The van der Waals surface area contributed by atoms with Crippen LogP contribution in [0.5, 0.6) is 0 Å². The fourth-order valence-corrected chi connectivity index (χ4v) is 4.68. The second kappa shape index (κ2) is 28.9. The maximum Gasteiger partial charge on any atom is 0.306 e. The molecule has 0 aliphatic heterocycles. The molecule has 0 saturated heterocycles. The number of hydrogen-bond donors (Lipinski definition) is 0. The summed E-state index contributed by atoms with van der Waals surface area (Å²) in [6.07, 6.45) is 22.8. The number of hydrogen-bond acceptors (Lipinski definition) is 6. The highest BCUT2D eigenvalue weighted by Gasteiger charge is 2.19. The van der Waals surface area contributed by atoms with Gasteiger partial charge in [-0.3, -0.25) is 14.4 Å². The van der Waals surface area contributed by atoms with Crippen LogP contribution in [0, 0.1) is 5.92 Å². The van der Waals surface area contributed by atoms with E-state index in [0.717, 1.165) is 70.1 Å². The summed E-state index contributed by atoms with van der Waals surface area (Å²) in [7, 11) is 0. The van der Waals surface area contributed by atoms with Gasteiger partial charge < -0.3 is 14.2 Å². The van der Waals surface area contributed by atoms with Gasteiger partial charge in [-0.25, -0.2) is 0 Å². The maximum atomic E-state index is 12.4. The van der Waals surface area contributed by atoms with Crippen LogP contribution in [0.2, 0.25) is 0 Å². The minimum absolute atomic E-state index is 0.0685. The third kappa shape index (κ3) is 28.0. The van der Waals surface area contributed by atoms with Gasteiger partial charge in [0.25, 0.3) is 0 Å². The van der Waals surface area contributed by atoms with Crippen LogP contribution in [0.3, 0.4) is 0 Å². The van der Waals surface area contributed by atoms with Gasteiger partial charge in [0, 0.05) is 19.3 Å². The van der Waals surface area contributed by atoms with Crippen molar-refractivity contribution in [3.05, 3.63) is 0 Å². The molecular weight excluding hydrogens is 504 g/mol. The topological polar surface area (TPSA) is 78.9 Å². The van der Waals surface area contributed by atoms with Crippen molar-refractivity contribution >= 4 is 17.9 Å². The first-order chi connectivity index (χ1) is 19.4. The molecule has 0 saturated carbocycles. The van der Waals surface area contributed by atoms with E-state index in [1.54, 1.807) is 0 Å². The third-order valence-electron chi connectivity index (χ3n) is 7.29. The van der Waals surface area contributed by atoms with Crippen LogP contribution in [-0.2, 0) is 28.6 Å². The van der Waals surface area contributed by atoms with Crippen molar-refractivity contribution < 1.29 is 28.6 Å². The minimum Gasteiger partial charge on any atom is -0.462 e. The van der Waals surface area contributed by atoms with Gasteiger partial charge >= 0.3 is 17.9 Å². The summed E-state index contributed by atoms with van der Waals surface area (Å²) < 4.78 is 16.4. The molecule has 0 bridgehead atoms. The van der Waals surface area contributed by atoms with E-state index in [1.807, 2.05) is 0 Å². The number of esters is 3. The standard InChI is InChI=1S/C34H64O6/c1-5-7-9-11-13-18-21-25-32(35)38-28-31(40-34(37)27-23-16-10-8-6-2)29-39-33(36)26-22-19-15-12-14-17-20-24-30(3)4/h30-31H,5-29H2,1-4H3/t31-/m0/s1. The Morgan fingerprint density at radius 1 is 0.475 bits per heavy atom. The molecule has 0 radical (unpaired) electrons. The lowest BCUT2D eigenvalue weighted by atomic mass is 10.0. The Bertz CT molecular complexity index is 603. The average Bonchev–Trinajstić information content (AvgIpc) is 2.92. The zero-order chi connectivity index (χ0) is 29.7. The summed E-state index contributed by atoms with van der Waals surface area (Å²) in [5.41, 5.74) is 0. The lowest BCUT2D eigenvalue weighted by Gasteiger charge is -2.18. The van der Waals surface area contributed by atoms with Crippen LogP contribution in [0.25, 0.3) is 0 Å². The van der Waals surface area contributed by atoms with Crippen LogP contribution in [-0.4, -0.2) is 37.2 Å². The largest absolute Gasteiger partial charge is 0.462 e. The van der Waals surface area contributed by atoms with Crippen molar-refractivity contribution in [3.63, 3.8) is 0 Å². The van der Waals surface area contributed by atoms with E-state index >= 15 is 0 Å². The molecular formula is C34H64O6. The fraction of sp³-hybridized carbons (Fsp3) is 0.912. The predicted octanol–water partition coefficient (Wildman–Crippen LogP) is 9.65. The summed E-state index contributed by atoms with van der Waals surface area (Å²) in [6, 6.07) is 0. The number of ether oxygens (including phenoxy) is 3. The molecule has 0 aromatic heterocycles. The highest BCUT2D eigenvalue weighted by molar-refractivity contribution is 5.71. The van der Waals surface area contributed by atoms with E-state index in [9.17, 15) is 14.4 Å². The molecule has 6 nitrogen and oxygen atoms in total. The Balaban J connectivity index is 4.29. The van der Waals surface area contributed by atoms with Crippen molar-refractivity contribution in [1.29, 1.82) is 0 Å². The van der Waals surface area contributed by atoms with Gasteiger partial charge in [-0.05, 0) is 25.2 Å². The van der Waals surface area contributed by atoms with Crippen LogP contribution in [0.4, 0.5) is 0 Å². The summed E-state index contributed by atoms with van der Waals surface area (Å²) in [4.78, 5) is 36.9. The number of carbonyl (C=O) groups excluding carboxylic acids is 3. The van der Waals surface area contributed by atoms with E-state index in [2.05, 4.69) is 27.7 Å². The SMILES string of the molecule is CCCCCCCCCC(=O)OC[C@@H](COC(=O)CCCCCCCCCC(C)C)OC(=O)CCCCCCC. The highest BCUT2D eigenvalue weighted by atomic mass is 16.6. The lowest BCUT2D eigenvalue weighted by molar-refractivity contribution is -0.167. The highest BCUT2D eigenvalue weighted by Crippen LogP contribution is 2.14. The fourth-order valence-electron chi connectivity index (χ4n) is 4.68. The Morgan fingerprint density at radius 3 is 1.23 bits per heavy atom. The Morgan fingerprint density at radius 2 is 0.825 bits per heavy atom. The van der Waals surface area contributed by atoms with E-state index in [1.165, 1.54) is 64.2 Å². The summed E-state index contributed by atoms with van der Waals surface area (Å²) in [5, 5.41) is 0. The van der Waals surface area contributed by atoms with Gasteiger partial charge in [0.1, 0.15) is 13.2 Å². The lowest BCUT2D eigenvalue weighted by Crippen LogP contribution is -2.30. The van der Waals surface area contributed by atoms with Gasteiger partial charge in [0.2, 0.25) is 0 Å². The average molecular weight is 569 g/mol. The molecule has 236 valence electrons. The van der Waals surface area contributed by atoms with E-state index in [0.29, 0.717) is 19.3 Å². The smallest absolute Gasteiger partial charge is 0.306 e. The van der Waals surface area contributed by atoms with Crippen molar-refractivity contribution in [2.75, 3.05) is 13.2 Å². The van der Waals surface area contributed by atoms with Gasteiger partial charge in [0.15, 0.2) is 6.10 Å². The molecule has 0 aromatic carbocycles. The van der Waals surface area contributed by atoms with Crippen LogP contribution in [0.15, 0.2) is 0 Å². The van der Waals surface area contributed by atoms with E-state index in [4.69, 9.17) is 14.2 Å².